The Hall–Kier alpha value is -3.42. The summed E-state index contributed by atoms with van der Waals surface area (Å²) in [6, 6.07) is 39.4. The van der Waals surface area contributed by atoms with Crippen molar-refractivity contribution in [2.45, 2.75) is 83.1 Å². The molecule has 256 valence electrons. The number of carbonyl (C=O) groups excluding carboxylic acids is 1. The molecular weight excluding hydrogens is 651 g/mol. The Morgan fingerprint density at radius 2 is 1.10 bits per heavy atom. The van der Waals surface area contributed by atoms with Crippen molar-refractivity contribution in [2.24, 2.45) is 5.92 Å². The van der Waals surface area contributed by atoms with Crippen LogP contribution in [0.3, 0.4) is 0 Å². The zero-order chi connectivity index (χ0) is 34.7. The normalized spacial score (nSPS) is 22.2. The highest BCUT2D eigenvalue weighted by Crippen LogP contribution is 2.69. The number of carbonyl (C=O) groups is 1. The largest absolute Gasteiger partial charge is 0.391 e. The molecule has 0 unspecified atom stereocenters. The summed E-state index contributed by atoms with van der Waals surface area (Å²) >= 11 is 6.43. The van der Waals surface area contributed by atoms with E-state index in [1.165, 1.54) is 5.57 Å². The molecule has 2 aliphatic heterocycles. The van der Waals surface area contributed by atoms with E-state index in [1.807, 2.05) is 142 Å². The molecule has 8 heteroatoms. The van der Waals surface area contributed by atoms with Crippen LogP contribution in [0.5, 0.6) is 0 Å². The molecule has 4 aromatic rings. The number of ether oxygens (including phenoxy) is 2. The zero-order valence-corrected chi connectivity index (χ0v) is 30.5. The van der Waals surface area contributed by atoms with E-state index in [4.69, 9.17) is 34.9 Å². The number of hydrogen-bond acceptors (Lipinski definition) is 7. The fourth-order valence-corrected chi connectivity index (χ4v) is 9.74. The van der Waals surface area contributed by atoms with E-state index >= 15 is 0 Å². The first-order chi connectivity index (χ1) is 23.5. The third-order valence-electron chi connectivity index (χ3n) is 9.16. The molecule has 0 N–H and O–H groups in total. The predicted molar refractivity (Wildman–Crippen MR) is 196 cm³/mol. The summed E-state index contributed by atoms with van der Waals surface area (Å²) in [5.41, 5.74) is 1.57. The van der Waals surface area contributed by atoms with Crippen LogP contribution in [0.1, 0.15) is 76.1 Å². The molecule has 2 aliphatic rings. The highest BCUT2D eigenvalue weighted by atomic mass is 32.5. The Kier molecular flexibility index (Phi) is 10.4. The maximum atomic E-state index is 14.0. The van der Waals surface area contributed by atoms with Gasteiger partial charge >= 0.3 is 12.7 Å². The van der Waals surface area contributed by atoms with Crippen molar-refractivity contribution in [2.75, 3.05) is 0 Å². The number of hydrogen-bond donors (Lipinski definition) is 0. The quantitative estimate of drug-likeness (QED) is 0.121. The molecular formula is C41H45O6PS. The lowest BCUT2D eigenvalue weighted by atomic mass is 9.72. The molecule has 2 saturated heterocycles. The van der Waals surface area contributed by atoms with Crippen LogP contribution >= 0.6 is 6.72 Å². The maximum Gasteiger partial charge on any atom is 0.385 e. The predicted octanol–water partition coefficient (Wildman–Crippen LogP) is 9.98. The van der Waals surface area contributed by atoms with Crippen molar-refractivity contribution in [3.05, 3.63) is 155 Å². The zero-order valence-electron chi connectivity index (χ0n) is 28.8. The average molecular weight is 697 g/mol. The number of rotatable bonds is 10. The van der Waals surface area contributed by atoms with E-state index in [0.717, 1.165) is 35.1 Å². The molecule has 6 rings (SSSR count). The first kappa shape index (κ1) is 35.4. The van der Waals surface area contributed by atoms with Crippen LogP contribution in [0.2, 0.25) is 0 Å². The number of fused-ring (bicyclic) bond motifs is 1. The lowest BCUT2D eigenvalue weighted by molar-refractivity contribution is -0.177. The van der Waals surface area contributed by atoms with Crippen molar-refractivity contribution in [1.29, 1.82) is 0 Å². The van der Waals surface area contributed by atoms with Crippen LogP contribution < -0.4 is 0 Å². The molecule has 0 spiro atoms. The molecule has 0 amide bonds. The summed E-state index contributed by atoms with van der Waals surface area (Å²) in [7, 11) is 0. The topological polar surface area (TPSA) is 63.2 Å². The van der Waals surface area contributed by atoms with Crippen molar-refractivity contribution in [1.82, 2.24) is 0 Å². The second-order valence-corrected chi connectivity index (χ2v) is 16.5. The summed E-state index contributed by atoms with van der Waals surface area (Å²) in [6.45, 7) is 6.00. The van der Waals surface area contributed by atoms with Gasteiger partial charge in [0.2, 0.25) is 0 Å². The second kappa shape index (κ2) is 14.4. The van der Waals surface area contributed by atoms with Crippen molar-refractivity contribution in [3.8, 4) is 0 Å². The van der Waals surface area contributed by atoms with E-state index in [0.29, 0.717) is 0 Å². The Balaban J connectivity index is 1.59. The Morgan fingerprint density at radius 3 is 1.45 bits per heavy atom. The number of allylic oxidation sites excluding steroid dienone is 2. The van der Waals surface area contributed by atoms with Gasteiger partial charge in [-0.1, -0.05) is 140 Å². The van der Waals surface area contributed by atoms with Gasteiger partial charge in [-0.25, -0.2) is 0 Å². The molecule has 6 nitrogen and oxygen atoms in total. The van der Waals surface area contributed by atoms with Gasteiger partial charge in [0.25, 0.3) is 0 Å². The van der Waals surface area contributed by atoms with E-state index in [9.17, 15) is 4.79 Å². The van der Waals surface area contributed by atoms with Crippen LogP contribution in [0, 0.1) is 5.92 Å². The van der Waals surface area contributed by atoms with Gasteiger partial charge in [-0.2, -0.15) is 0 Å². The van der Waals surface area contributed by atoms with Crippen molar-refractivity contribution >= 4 is 24.5 Å². The molecule has 4 aromatic carbocycles. The van der Waals surface area contributed by atoms with E-state index in [2.05, 4.69) is 19.9 Å². The molecule has 2 fully saturated rings. The van der Waals surface area contributed by atoms with Gasteiger partial charge in [0, 0.05) is 18.2 Å². The first-order valence-corrected chi connectivity index (χ1v) is 19.5. The van der Waals surface area contributed by atoms with Gasteiger partial charge in [-0.15, -0.1) is 0 Å². The fraction of sp³-hybridized carbons (Fsp3) is 0.341. The van der Waals surface area contributed by atoms with Crippen LogP contribution in [-0.4, -0.2) is 24.0 Å². The second-order valence-electron chi connectivity index (χ2n) is 13.7. The van der Waals surface area contributed by atoms with Gasteiger partial charge in [-0.05, 0) is 68.7 Å². The standard InChI is InChI=1S/C41H45O6PS/c1-30(2)19-18-20-31(3)29-36(42)45-48(49)46-40(32-21-10-6-11-22-32,33-23-12-7-13-24-33)37-38(44-39(4,5)43-37)41(47-48,34-25-14-8-15-26-34)35-27-16-9-17-28-35/h6-17,19,21-28,31,37-38H,18,20,29H2,1-5H3/t31-,37-,38-/m1/s1. The lowest BCUT2D eigenvalue weighted by Crippen LogP contribution is -2.53. The molecule has 49 heavy (non-hydrogen) atoms. The molecule has 0 saturated carbocycles. The average Bonchev–Trinajstić information content (AvgIpc) is 3.39. The minimum Gasteiger partial charge on any atom is -0.391 e. The molecule has 0 bridgehead atoms. The Morgan fingerprint density at radius 1 is 0.735 bits per heavy atom. The first-order valence-electron chi connectivity index (χ1n) is 16.9. The SMILES string of the molecule is CC(C)=CCC[C@@H](C)CC(=O)OP1(=S)OC(c2ccccc2)(c2ccccc2)[C@@H]2OC(C)(C)O[C@H]2C(c2ccccc2)(c2ccccc2)O1. The third kappa shape index (κ3) is 7.25. The minimum absolute atomic E-state index is 0.0598. The fourth-order valence-electron chi connectivity index (χ4n) is 7.02. The van der Waals surface area contributed by atoms with Crippen LogP contribution in [0.4, 0.5) is 0 Å². The van der Waals surface area contributed by atoms with E-state index in [1.54, 1.807) is 0 Å². The monoisotopic (exact) mass is 696 g/mol. The number of benzene rings is 4. The lowest BCUT2D eigenvalue weighted by Gasteiger charge is -2.41. The summed E-state index contributed by atoms with van der Waals surface area (Å²) in [5.74, 6) is -1.44. The van der Waals surface area contributed by atoms with Gasteiger partial charge in [0.1, 0.15) is 12.2 Å². The maximum absolute atomic E-state index is 14.0. The summed E-state index contributed by atoms with van der Waals surface area (Å²) in [4.78, 5) is 14.0. The molecule has 2 heterocycles. The van der Waals surface area contributed by atoms with Gasteiger partial charge in [0.15, 0.2) is 17.0 Å². The molecule has 0 aromatic heterocycles. The Bertz CT molecular complexity index is 1610. The molecule has 3 atom stereocenters. The van der Waals surface area contributed by atoms with Crippen molar-refractivity contribution in [3.63, 3.8) is 0 Å². The van der Waals surface area contributed by atoms with E-state index in [-0.39, 0.29) is 12.3 Å². The minimum atomic E-state index is -4.00. The molecule has 0 radical (unpaired) electrons. The highest BCUT2D eigenvalue weighted by molar-refractivity contribution is 8.07. The van der Waals surface area contributed by atoms with Crippen LogP contribution in [0.25, 0.3) is 0 Å². The van der Waals surface area contributed by atoms with Crippen LogP contribution in [-0.2, 0) is 50.8 Å². The summed E-state index contributed by atoms with van der Waals surface area (Å²) in [5, 5.41) is 0. The summed E-state index contributed by atoms with van der Waals surface area (Å²) in [6.07, 6.45) is 2.45. The van der Waals surface area contributed by atoms with Gasteiger partial charge < -0.3 is 14.0 Å². The van der Waals surface area contributed by atoms with Crippen LogP contribution in [0.15, 0.2) is 133 Å². The summed E-state index contributed by atoms with van der Waals surface area (Å²) < 4.78 is 34.9. The van der Waals surface area contributed by atoms with E-state index < -0.39 is 41.9 Å². The van der Waals surface area contributed by atoms with Crippen molar-refractivity contribution < 1.29 is 27.8 Å². The van der Waals surface area contributed by atoms with Gasteiger partial charge in [-0.3, -0.25) is 13.8 Å². The smallest absolute Gasteiger partial charge is 0.385 e. The third-order valence-corrected chi connectivity index (χ3v) is 11.3. The molecule has 0 aliphatic carbocycles. The van der Waals surface area contributed by atoms with Gasteiger partial charge in [0.05, 0.1) is 0 Å². The Labute approximate surface area is 295 Å². The highest BCUT2D eigenvalue weighted by Gasteiger charge is 2.68.